The number of carbonyl (C=O) groups excluding carboxylic acids is 3. The van der Waals surface area contributed by atoms with E-state index in [1.165, 1.54) is 7.11 Å². The summed E-state index contributed by atoms with van der Waals surface area (Å²) in [6.07, 6.45) is 0.546. The summed E-state index contributed by atoms with van der Waals surface area (Å²) in [5.41, 5.74) is 0.746. The number of amides is 1. The molecule has 1 aliphatic heterocycles. The fourth-order valence-electron chi connectivity index (χ4n) is 2.25. The molecule has 1 aliphatic rings. The first-order valence-electron chi connectivity index (χ1n) is 6.85. The van der Waals surface area contributed by atoms with Crippen LogP contribution in [0.4, 0.5) is 5.69 Å². The van der Waals surface area contributed by atoms with E-state index in [2.05, 4.69) is 4.74 Å². The van der Waals surface area contributed by atoms with Crippen LogP contribution < -0.4 is 9.64 Å². The number of carbonyl (C=O) groups is 3. The predicted molar refractivity (Wildman–Crippen MR) is 80.6 cm³/mol. The standard InChI is InChI=1S/C15H16ClNO5/c1-3-12(19)17-7-6-10(18)14-9(17)4-5-11(15(14)16)22-8-13(20)21-2/h4-5H,3,6-8H2,1-2H3. The van der Waals surface area contributed by atoms with Crippen molar-refractivity contribution in [3.8, 4) is 5.75 Å². The molecule has 118 valence electrons. The van der Waals surface area contributed by atoms with Crippen LogP contribution in [-0.4, -0.2) is 37.9 Å². The zero-order chi connectivity index (χ0) is 16.3. The molecule has 0 bridgehead atoms. The summed E-state index contributed by atoms with van der Waals surface area (Å²) in [6, 6.07) is 3.15. The Hall–Kier alpha value is -2.08. The Morgan fingerprint density at radius 2 is 2.09 bits per heavy atom. The highest BCUT2D eigenvalue weighted by molar-refractivity contribution is 6.36. The third kappa shape index (κ3) is 3.06. The Balaban J connectivity index is 2.37. The van der Waals surface area contributed by atoms with Crippen molar-refractivity contribution in [2.75, 3.05) is 25.2 Å². The highest BCUT2D eigenvalue weighted by Gasteiger charge is 2.30. The minimum atomic E-state index is -0.553. The van der Waals surface area contributed by atoms with Crippen molar-refractivity contribution in [3.63, 3.8) is 0 Å². The van der Waals surface area contributed by atoms with Crippen molar-refractivity contribution >= 4 is 34.9 Å². The van der Waals surface area contributed by atoms with Crippen molar-refractivity contribution in [2.24, 2.45) is 0 Å². The van der Waals surface area contributed by atoms with Gasteiger partial charge in [-0.25, -0.2) is 4.79 Å². The second-order valence-electron chi connectivity index (χ2n) is 4.71. The average molecular weight is 326 g/mol. The number of halogens is 1. The minimum Gasteiger partial charge on any atom is -0.480 e. The molecule has 1 aromatic rings. The van der Waals surface area contributed by atoms with Gasteiger partial charge < -0.3 is 14.4 Å². The lowest BCUT2D eigenvalue weighted by atomic mass is 9.99. The first kappa shape index (κ1) is 16.3. The smallest absolute Gasteiger partial charge is 0.343 e. The van der Waals surface area contributed by atoms with E-state index in [1.54, 1.807) is 24.0 Å². The molecule has 0 radical (unpaired) electrons. The molecule has 1 heterocycles. The van der Waals surface area contributed by atoms with Crippen molar-refractivity contribution in [2.45, 2.75) is 19.8 Å². The first-order valence-corrected chi connectivity index (χ1v) is 7.23. The quantitative estimate of drug-likeness (QED) is 0.794. The molecule has 0 unspecified atom stereocenters. The van der Waals surface area contributed by atoms with Crippen molar-refractivity contribution in [3.05, 3.63) is 22.7 Å². The molecule has 6 nitrogen and oxygen atoms in total. The summed E-state index contributed by atoms with van der Waals surface area (Å²) >= 11 is 6.23. The maximum atomic E-state index is 12.1. The average Bonchev–Trinajstić information content (AvgIpc) is 2.53. The monoisotopic (exact) mass is 325 g/mol. The van der Waals surface area contributed by atoms with Gasteiger partial charge in [-0.2, -0.15) is 0 Å². The number of rotatable bonds is 4. The molecule has 7 heteroatoms. The van der Waals surface area contributed by atoms with Crippen LogP contribution in [0.15, 0.2) is 12.1 Å². The van der Waals surface area contributed by atoms with E-state index in [0.717, 1.165) is 0 Å². The highest BCUT2D eigenvalue weighted by Crippen LogP contribution is 2.38. The molecule has 0 spiro atoms. The zero-order valence-corrected chi connectivity index (χ0v) is 13.1. The minimum absolute atomic E-state index is 0.0759. The van der Waals surface area contributed by atoms with Crippen LogP contribution in [-0.2, 0) is 14.3 Å². The van der Waals surface area contributed by atoms with Gasteiger partial charge in [-0.15, -0.1) is 0 Å². The first-order chi connectivity index (χ1) is 10.5. The number of esters is 1. The lowest BCUT2D eigenvalue weighted by Gasteiger charge is -2.29. The summed E-state index contributed by atoms with van der Waals surface area (Å²) in [4.78, 5) is 36.8. The van der Waals surface area contributed by atoms with Crippen LogP contribution in [0.2, 0.25) is 5.02 Å². The summed E-state index contributed by atoms with van der Waals surface area (Å²) in [5.74, 6) is -0.565. The molecule has 2 rings (SSSR count). The molecule has 0 saturated heterocycles. The summed E-state index contributed by atoms with van der Waals surface area (Å²) in [5, 5.41) is 0.111. The number of ether oxygens (including phenoxy) is 2. The number of methoxy groups -OCH3 is 1. The van der Waals surface area contributed by atoms with Gasteiger partial charge in [0, 0.05) is 19.4 Å². The van der Waals surface area contributed by atoms with Gasteiger partial charge >= 0.3 is 5.97 Å². The fourth-order valence-corrected chi connectivity index (χ4v) is 2.57. The van der Waals surface area contributed by atoms with E-state index in [-0.39, 0.29) is 41.1 Å². The molecule has 0 aliphatic carbocycles. The van der Waals surface area contributed by atoms with E-state index in [1.807, 2.05) is 0 Å². The van der Waals surface area contributed by atoms with Crippen LogP contribution in [0.1, 0.15) is 30.1 Å². The number of hydrogen-bond acceptors (Lipinski definition) is 5. The number of benzene rings is 1. The van der Waals surface area contributed by atoms with Crippen LogP contribution in [0.3, 0.4) is 0 Å². The summed E-state index contributed by atoms with van der Waals surface area (Å²) in [7, 11) is 1.25. The second-order valence-corrected chi connectivity index (χ2v) is 5.09. The lowest BCUT2D eigenvalue weighted by Crippen LogP contribution is -2.37. The molecular formula is C15H16ClNO5. The Morgan fingerprint density at radius 3 is 2.73 bits per heavy atom. The number of anilines is 1. The molecular weight excluding hydrogens is 310 g/mol. The van der Waals surface area contributed by atoms with E-state index in [9.17, 15) is 14.4 Å². The lowest BCUT2D eigenvalue weighted by molar-refractivity contribution is -0.142. The van der Waals surface area contributed by atoms with Gasteiger partial charge in [-0.3, -0.25) is 9.59 Å². The fraction of sp³-hybridized carbons (Fsp3) is 0.400. The van der Waals surface area contributed by atoms with Gasteiger partial charge in [0.25, 0.3) is 0 Å². The van der Waals surface area contributed by atoms with Crippen molar-refractivity contribution < 1.29 is 23.9 Å². The van der Waals surface area contributed by atoms with Crippen molar-refractivity contribution in [1.82, 2.24) is 0 Å². The number of fused-ring (bicyclic) bond motifs is 1. The van der Waals surface area contributed by atoms with Crippen LogP contribution >= 0.6 is 11.6 Å². The largest absolute Gasteiger partial charge is 0.480 e. The summed E-state index contributed by atoms with van der Waals surface area (Å²) < 4.78 is 9.75. The van der Waals surface area contributed by atoms with Crippen LogP contribution in [0, 0.1) is 0 Å². The Labute approximate surface area is 132 Å². The van der Waals surface area contributed by atoms with Gasteiger partial charge in [0.15, 0.2) is 12.4 Å². The van der Waals surface area contributed by atoms with E-state index < -0.39 is 5.97 Å². The predicted octanol–water partition coefficient (Wildman–Crippen LogP) is 2.22. The Bertz CT molecular complexity index is 629. The van der Waals surface area contributed by atoms with E-state index in [4.69, 9.17) is 16.3 Å². The van der Waals surface area contributed by atoms with Crippen LogP contribution in [0.25, 0.3) is 0 Å². The second kappa shape index (κ2) is 6.79. The zero-order valence-electron chi connectivity index (χ0n) is 12.3. The third-order valence-electron chi connectivity index (χ3n) is 3.39. The topological polar surface area (TPSA) is 72.9 Å². The Kier molecular flexibility index (Phi) is 5.03. The molecule has 1 aromatic carbocycles. The Morgan fingerprint density at radius 1 is 1.36 bits per heavy atom. The van der Waals surface area contributed by atoms with Crippen LogP contribution in [0.5, 0.6) is 5.75 Å². The molecule has 0 N–H and O–H groups in total. The number of nitrogens with zero attached hydrogens (tertiary/aromatic N) is 1. The number of Topliss-reactive ketones (excluding diaryl/α,β-unsaturated/α-hetero) is 1. The van der Waals surface area contributed by atoms with Gasteiger partial charge in [0.05, 0.1) is 23.4 Å². The third-order valence-corrected chi connectivity index (χ3v) is 3.77. The van der Waals surface area contributed by atoms with E-state index >= 15 is 0 Å². The molecule has 0 saturated carbocycles. The molecule has 22 heavy (non-hydrogen) atoms. The van der Waals surface area contributed by atoms with Crippen molar-refractivity contribution in [1.29, 1.82) is 0 Å². The highest BCUT2D eigenvalue weighted by atomic mass is 35.5. The maximum Gasteiger partial charge on any atom is 0.343 e. The maximum absolute atomic E-state index is 12.1. The van der Waals surface area contributed by atoms with Gasteiger partial charge in [0.2, 0.25) is 5.91 Å². The van der Waals surface area contributed by atoms with E-state index in [0.29, 0.717) is 18.7 Å². The normalized spacial score (nSPS) is 13.6. The SMILES string of the molecule is CCC(=O)N1CCC(=O)c2c1ccc(OCC(=O)OC)c2Cl. The molecule has 0 aromatic heterocycles. The van der Waals surface area contributed by atoms with Gasteiger partial charge in [-0.1, -0.05) is 18.5 Å². The summed E-state index contributed by atoms with van der Waals surface area (Å²) in [6.45, 7) is 1.80. The molecule has 1 amide bonds. The van der Waals surface area contributed by atoms with Gasteiger partial charge in [-0.05, 0) is 12.1 Å². The molecule has 0 fully saturated rings. The number of hydrogen-bond donors (Lipinski definition) is 0. The molecule has 0 atom stereocenters. The van der Waals surface area contributed by atoms with Gasteiger partial charge in [0.1, 0.15) is 5.75 Å². The number of ketones is 1.